The van der Waals surface area contributed by atoms with Gasteiger partial charge in [0.25, 0.3) is 0 Å². The Morgan fingerprint density at radius 1 is 1.60 bits per heavy atom. The first-order chi connectivity index (χ1) is 9.59. The molecule has 2 unspecified atom stereocenters. The van der Waals surface area contributed by atoms with Gasteiger partial charge in [0.2, 0.25) is 0 Å². The lowest BCUT2D eigenvalue weighted by Crippen LogP contribution is -2.55. The van der Waals surface area contributed by atoms with Crippen molar-refractivity contribution in [1.82, 2.24) is 25.4 Å². The highest BCUT2D eigenvalue weighted by molar-refractivity contribution is 5.83. The maximum atomic E-state index is 12.1. The standard InChI is InChI=1S/C12H19N5O3/c1-8-3-2-6-17(10(8)11(18)19)12(20)13-5-4-9-14-7-15-16-9/h7-8,10H,2-6H2,1H3,(H,13,20)(H,18,19)(H,14,15,16). The topological polar surface area (TPSA) is 111 Å². The van der Waals surface area contributed by atoms with Gasteiger partial charge in [-0.2, -0.15) is 5.10 Å². The molecule has 1 aromatic rings. The Labute approximate surface area is 116 Å². The summed E-state index contributed by atoms with van der Waals surface area (Å²) in [5.74, 6) is -0.282. The van der Waals surface area contributed by atoms with Crippen molar-refractivity contribution >= 4 is 12.0 Å². The Hall–Kier alpha value is -2.12. The number of carbonyl (C=O) groups is 2. The molecule has 2 atom stereocenters. The van der Waals surface area contributed by atoms with Gasteiger partial charge in [0.15, 0.2) is 0 Å². The molecular weight excluding hydrogens is 262 g/mol. The molecule has 1 aromatic heterocycles. The maximum absolute atomic E-state index is 12.1. The molecule has 8 heteroatoms. The number of carboxylic acids is 1. The van der Waals surface area contributed by atoms with Gasteiger partial charge < -0.3 is 15.3 Å². The number of likely N-dealkylation sites (tertiary alicyclic amines) is 1. The number of aromatic nitrogens is 3. The van der Waals surface area contributed by atoms with Gasteiger partial charge in [-0.05, 0) is 18.8 Å². The highest BCUT2D eigenvalue weighted by Crippen LogP contribution is 2.23. The van der Waals surface area contributed by atoms with E-state index in [1.54, 1.807) is 0 Å². The van der Waals surface area contributed by atoms with E-state index in [2.05, 4.69) is 20.5 Å². The number of nitrogens with zero attached hydrogens (tertiary/aromatic N) is 3. The number of aliphatic carboxylic acids is 1. The molecular formula is C12H19N5O3. The number of amides is 2. The molecule has 1 fully saturated rings. The lowest BCUT2D eigenvalue weighted by Gasteiger charge is -2.37. The summed E-state index contributed by atoms with van der Waals surface area (Å²) in [5, 5.41) is 18.4. The van der Waals surface area contributed by atoms with Crippen LogP contribution in [0.15, 0.2) is 6.33 Å². The molecule has 0 spiro atoms. The molecule has 2 amide bonds. The molecule has 1 saturated heterocycles. The maximum Gasteiger partial charge on any atom is 0.326 e. The first-order valence-corrected chi connectivity index (χ1v) is 6.71. The van der Waals surface area contributed by atoms with Gasteiger partial charge in [0.1, 0.15) is 18.2 Å². The van der Waals surface area contributed by atoms with Crippen LogP contribution in [-0.4, -0.2) is 56.3 Å². The van der Waals surface area contributed by atoms with Gasteiger partial charge in [-0.15, -0.1) is 0 Å². The highest BCUT2D eigenvalue weighted by Gasteiger charge is 2.36. The predicted molar refractivity (Wildman–Crippen MR) is 70.0 cm³/mol. The monoisotopic (exact) mass is 281 g/mol. The van der Waals surface area contributed by atoms with E-state index >= 15 is 0 Å². The third-order valence-electron chi connectivity index (χ3n) is 3.55. The van der Waals surface area contributed by atoms with Crippen LogP contribution in [0.2, 0.25) is 0 Å². The van der Waals surface area contributed by atoms with Crippen molar-refractivity contribution in [2.75, 3.05) is 13.1 Å². The fourth-order valence-corrected chi connectivity index (χ4v) is 2.53. The second-order valence-electron chi connectivity index (χ2n) is 5.01. The fourth-order valence-electron chi connectivity index (χ4n) is 2.53. The molecule has 3 N–H and O–H groups in total. The number of H-pyrrole nitrogens is 1. The van der Waals surface area contributed by atoms with Crippen molar-refractivity contribution in [3.63, 3.8) is 0 Å². The van der Waals surface area contributed by atoms with E-state index < -0.39 is 12.0 Å². The Morgan fingerprint density at radius 2 is 2.40 bits per heavy atom. The van der Waals surface area contributed by atoms with E-state index in [-0.39, 0.29) is 11.9 Å². The molecule has 0 radical (unpaired) electrons. The second-order valence-corrected chi connectivity index (χ2v) is 5.01. The Bertz CT molecular complexity index is 462. The fraction of sp³-hybridized carbons (Fsp3) is 0.667. The molecule has 0 saturated carbocycles. The lowest BCUT2D eigenvalue weighted by atomic mass is 9.91. The van der Waals surface area contributed by atoms with E-state index in [1.807, 2.05) is 6.92 Å². The average molecular weight is 281 g/mol. The van der Waals surface area contributed by atoms with Crippen LogP contribution in [0.1, 0.15) is 25.6 Å². The SMILES string of the molecule is CC1CCCN(C(=O)NCCc2ncn[nH]2)C1C(=O)O. The Balaban J connectivity index is 1.88. The zero-order valence-electron chi connectivity index (χ0n) is 11.4. The van der Waals surface area contributed by atoms with Gasteiger partial charge in [-0.1, -0.05) is 6.92 Å². The van der Waals surface area contributed by atoms with Crippen LogP contribution in [0.3, 0.4) is 0 Å². The zero-order valence-corrected chi connectivity index (χ0v) is 11.4. The average Bonchev–Trinajstić information content (AvgIpc) is 2.91. The minimum atomic E-state index is -0.942. The molecule has 2 rings (SSSR count). The minimum absolute atomic E-state index is 0.0266. The number of nitrogens with one attached hydrogen (secondary N) is 2. The second kappa shape index (κ2) is 6.36. The van der Waals surface area contributed by atoms with Crippen LogP contribution < -0.4 is 5.32 Å². The van der Waals surface area contributed by atoms with Crippen molar-refractivity contribution in [2.45, 2.75) is 32.2 Å². The summed E-state index contributed by atoms with van der Waals surface area (Å²) in [6.07, 6.45) is 3.61. The molecule has 0 aliphatic carbocycles. The zero-order chi connectivity index (χ0) is 14.5. The van der Waals surface area contributed by atoms with Crippen LogP contribution >= 0.6 is 0 Å². The summed E-state index contributed by atoms with van der Waals surface area (Å²) in [6, 6.07) is -1.07. The number of carboxylic acid groups (broad SMARTS) is 1. The van der Waals surface area contributed by atoms with Crippen LogP contribution in [-0.2, 0) is 11.2 Å². The lowest BCUT2D eigenvalue weighted by molar-refractivity contribution is -0.145. The molecule has 0 bridgehead atoms. The van der Waals surface area contributed by atoms with Crippen molar-refractivity contribution < 1.29 is 14.7 Å². The van der Waals surface area contributed by atoms with Crippen molar-refractivity contribution in [3.8, 4) is 0 Å². The summed E-state index contributed by atoms with van der Waals surface area (Å²) < 4.78 is 0. The quantitative estimate of drug-likeness (QED) is 0.732. The largest absolute Gasteiger partial charge is 0.480 e. The van der Waals surface area contributed by atoms with Gasteiger partial charge in [-0.3, -0.25) is 5.10 Å². The third-order valence-corrected chi connectivity index (χ3v) is 3.55. The minimum Gasteiger partial charge on any atom is -0.480 e. The first-order valence-electron chi connectivity index (χ1n) is 6.71. The van der Waals surface area contributed by atoms with Gasteiger partial charge in [-0.25, -0.2) is 14.6 Å². The van der Waals surface area contributed by atoms with Crippen LogP contribution in [0.25, 0.3) is 0 Å². The number of rotatable bonds is 4. The molecule has 0 aromatic carbocycles. The summed E-state index contributed by atoms with van der Waals surface area (Å²) >= 11 is 0. The van der Waals surface area contributed by atoms with Crippen LogP contribution in [0.5, 0.6) is 0 Å². The molecule has 1 aliphatic rings. The summed E-state index contributed by atoms with van der Waals surface area (Å²) in [4.78, 5) is 28.8. The number of aromatic amines is 1. The van der Waals surface area contributed by atoms with Crippen LogP contribution in [0, 0.1) is 5.92 Å². The number of piperidine rings is 1. The van der Waals surface area contributed by atoms with Crippen LogP contribution in [0.4, 0.5) is 4.79 Å². The van der Waals surface area contributed by atoms with Crippen molar-refractivity contribution in [3.05, 3.63) is 12.2 Å². The number of urea groups is 1. The van der Waals surface area contributed by atoms with Gasteiger partial charge in [0.05, 0.1) is 0 Å². The van der Waals surface area contributed by atoms with Crippen molar-refractivity contribution in [2.24, 2.45) is 5.92 Å². The van der Waals surface area contributed by atoms with E-state index in [1.165, 1.54) is 11.2 Å². The normalized spacial score (nSPS) is 22.6. The Morgan fingerprint density at radius 3 is 3.05 bits per heavy atom. The van der Waals surface area contributed by atoms with E-state index in [0.29, 0.717) is 25.3 Å². The molecule has 110 valence electrons. The number of carbonyl (C=O) groups excluding carboxylic acids is 1. The third kappa shape index (κ3) is 3.25. The predicted octanol–water partition coefficient (Wildman–Crippen LogP) is 0.242. The summed E-state index contributed by atoms with van der Waals surface area (Å²) in [5.41, 5.74) is 0. The first kappa shape index (κ1) is 14.3. The van der Waals surface area contributed by atoms with E-state index in [9.17, 15) is 14.7 Å². The van der Waals surface area contributed by atoms with Gasteiger partial charge >= 0.3 is 12.0 Å². The molecule has 8 nitrogen and oxygen atoms in total. The Kier molecular flexibility index (Phi) is 4.54. The summed E-state index contributed by atoms with van der Waals surface area (Å²) in [7, 11) is 0. The molecule has 20 heavy (non-hydrogen) atoms. The smallest absolute Gasteiger partial charge is 0.326 e. The van der Waals surface area contributed by atoms with Crippen molar-refractivity contribution in [1.29, 1.82) is 0 Å². The summed E-state index contributed by atoms with van der Waals surface area (Å²) in [6.45, 7) is 2.74. The van der Waals surface area contributed by atoms with Gasteiger partial charge in [0, 0.05) is 19.5 Å². The number of hydrogen-bond donors (Lipinski definition) is 3. The van der Waals surface area contributed by atoms with E-state index in [0.717, 1.165) is 12.8 Å². The molecule has 2 heterocycles. The highest BCUT2D eigenvalue weighted by atomic mass is 16.4. The van der Waals surface area contributed by atoms with E-state index in [4.69, 9.17) is 0 Å². The number of hydrogen-bond acceptors (Lipinski definition) is 4. The molecule has 1 aliphatic heterocycles.